The molecule has 2 aromatic carbocycles. The lowest BCUT2D eigenvalue weighted by Crippen LogP contribution is -2.19. The number of rotatable bonds is 4. The molecule has 1 aliphatic rings. The fourth-order valence-electron chi connectivity index (χ4n) is 2.66. The summed E-state index contributed by atoms with van der Waals surface area (Å²) < 4.78 is 21.2. The predicted octanol–water partition coefficient (Wildman–Crippen LogP) is 3.08. The summed E-state index contributed by atoms with van der Waals surface area (Å²) in [4.78, 5) is 12.8. The Balaban J connectivity index is 1.97. The molecule has 0 radical (unpaired) electrons. The zero-order valence-corrected chi connectivity index (χ0v) is 14.2. The summed E-state index contributed by atoms with van der Waals surface area (Å²) in [6.45, 7) is 0.133. The first-order valence-corrected chi connectivity index (χ1v) is 7.58. The van der Waals surface area contributed by atoms with Crippen LogP contribution in [-0.4, -0.2) is 38.8 Å². The van der Waals surface area contributed by atoms with Gasteiger partial charge in [-0.1, -0.05) is 6.07 Å². The average Bonchev–Trinajstić information content (AvgIpc) is 2.63. The molecule has 1 heterocycles. The quantitative estimate of drug-likeness (QED) is 0.861. The second-order valence-electron chi connectivity index (χ2n) is 5.42. The number of carbonyl (C=O) groups excluding carboxylic acids is 1. The summed E-state index contributed by atoms with van der Waals surface area (Å²) in [7, 11) is 4.51. The molecule has 2 aromatic rings. The van der Waals surface area contributed by atoms with Crippen LogP contribution in [0.5, 0.6) is 28.7 Å². The molecule has 6 heteroatoms. The molecule has 0 unspecified atom stereocenters. The van der Waals surface area contributed by atoms with Crippen molar-refractivity contribution in [2.45, 2.75) is 0 Å². The Hall–Kier alpha value is -3.15. The standard InChI is InChI=1S/C19H18O6/c1-22-15-5-4-11(7-14(15)20)6-12-10-25-16-9-18(24-3)17(23-2)8-13(16)19(12)21/h4-9,20H,10H2,1-3H3. The van der Waals surface area contributed by atoms with Crippen LogP contribution in [0.3, 0.4) is 0 Å². The number of fused-ring (bicyclic) bond motifs is 1. The first-order valence-electron chi connectivity index (χ1n) is 7.58. The molecule has 130 valence electrons. The van der Waals surface area contributed by atoms with Crippen LogP contribution in [-0.2, 0) is 0 Å². The topological polar surface area (TPSA) is 74.2 Å². The highest BCUT2D eigenvalue weighted by Gasteiger charge is 2.26. The Morgan fingerprint density at radius 3 is 2.32 bits per heavy atom. The minimum absolute atomic E-state index is 0.00725. The summed E-state index contributed by atoms with van der Waals surface area (Å²) in [6, 6.07) is 8.17. The number of ketones is 1. The van der Waals surface area contributed by atoms with Crippen molar-refractivity contribution in [3.63, 3.8) is 0 Å². The Morgan fingerprint density at radius 2 is 1.68 bits per heavy atom. The van der Waals surface area contributed by atoms with Crippen LogP contribution < -0.4 is 18.9 Å². The minimum atomic E-state index is -0.155. The van der Waals surface area contributed by atoms with Gasteiger partial charge in [0.25, 0.3) is 0 Å². The van der Waals surface area contributed by atoms with Gasteiger partial charge in [-0.05, 0) is 29.8 Å². The molecular weight excluding hydrogens is 324 g/mol. The molecule has 3 rings (SSSR count). The summed E-state index contributed by atoms with van der Waals surface area (Å²) in [5.41, 5.74) is 1.56. The zero-order valence-electron chi connectivity index (χ0n) is 14.2. The fraction of sp³-hybridized carbons (Fsp3) is 0.211. The van der Waals surface area contributed by atoms with Crippen molar-refractivity contribution >= 4 is 11.9 Å². The normalized spacial score (nSPS) is 14.7. The van der Waals surface area contributed by atoms with E-state index in [1.165, 1.54) is 27.4 Å². The van der Waals surface area contributed by atoms with Crippen LogP contribution >= 0.6 is 0 Å². The van der Waals surface area contributed by atoms with Crippen molar-refractivity contribution < 1.29 is 28.8 Å². The van der Waals surface area contributed by atoms with Crippen molar-refractivity contribution in [1.82, 2.24) is 0 Å². The molecule has 1 N–H and O–H groups in total. The van der Waals surface area contributed by atoms with Crippen molar-refractivity contribution in [3.05, 3.63) is 47.0 Å². The van der Waals surface area contributed by atoms with Crippen LogP contribution in [0.15, 0.2) is 35.9 Å². The van der Waals surface area contributed by atoms with Gasteiger partial charge in [0.15, 0.2) is 28.8 Å². The highest BCUT2D eigenvalue weighted by Crippen LogP contribution is 2.38. The van der Waals surface area contributed by atoms with E-state index in [-0.39, 0.29) is 18.1 Å². The molecule has 0 amide bonds. The second-order valence-corrected chi connectivity index (χ2v) is 5.42. The average molecular weight is 342 g/mol. The number of benzene rings is 2. The molecule has 0 saturated heterocycles. The van der Waals surface area contributed by atoms with Crippen LogP contribution in [0.2, 0.25) is 0 Å². The first kappa shape index (κ1) is 16.7. The van der Waals surface area contributed by atoms with Gasteiger partial charge in [-0.3, -0.25) is 4.79 Å². The smallest absolute Gasteiger partial charge is 0.196 e. The van der Waals surface area contributed by atoms with Gasteiger partial charge in [0, 0.05) is 11.6 Å². The Morgan fingerprint density at radius 1 is 1.00 bits per heavy atom. The van der Waals surface area contributed by atoms with Gasteiger partial charge in [-0.25, -0.2) is 0 Å². The monoisotopic (exact) mass is 342 g/mol. The Labute approximate surface area is 145 Å². The number of methoxy groups -OCH3 is 3. The zero-order chi connectivity index (χ0) is 18.0. The van der Waals surface area contributed by atoms with E-state index in [1.807, 2.05) is 0 Å². The maximum atomic E-state index is 12.8. The van der Waals surface area contributed by atoms with Crippen molar-refractivity contribution in [3.8, 4) is 28.7 Å². The van der Waals surface area contributed by atoms with Gasteiger partial charge in [-0.2, -0.15) is 0 Å². The third-order valence-corrected chi connectivity index (χ3v) is 3.95. The molecule has 25 heavy (non-hydrogen) atoms. The largest absolute Gasteiger partial charge is 0.504 e. The third-order valence-electron chi connectivity index (χ3n) is 3.95. The summed E-state index contributed by atoms with van der Waals surface area (Å²) in [5, 5.41) is 9.87. The van der Waals surface area contributed by atoms with E-state index < -0.39 is 0 Å². The number of carbonyl (C=O) groups is 1. The number of Topliss-reactive ketones (excluding diaryl/α,β-unsaturated/α-hetero) is 1. The van der Waals surface area contributed by atoms with Crippen LogP contribution in [0.4, 0.5) is 0 Å². The lowest BCUT2D eigenvalue weighted by Gasteiger charge is -2.21. The van der Waals surface area contributed by atoms with Gasteiger partial charge < -0.3 is 24.1 Å². The van der Waals surface area contributed by atoms with E-state index in [2.05, 4.69) is 0 Å². The highest BCUT2D eigenvalue weighted by atomic mass is 16.5. The molecule has 1 aliphatic heterocycles. The molecule has 0 fully saturated rings. The maximum Gasteiger partial charge on any atom is 0.196 e. The van der Waals surface area contributed by atoms with E-state index in [0.717, 1.165) is 0 Å². The van der Waals surface area contributed by atoms with E-state index >= 15 is 0 Å². The summed E-state index contributed by atoms with van der Waals surface area (Å²) in [6.07, 6.45) is 1.68. The lowest BCUT2D eigenvalue weighted by atomic mass is 9.97. The maximum absolute atomic E-state index is 12.8. The molecular formula is C19H18O6. The molecule has 6 nitrogen and oxygen atoms in total. The Bertz CT molecular complexity index is 853. The van der Waals surface area contributed by atoms with Crippen LogP contribution in [0.1, 0.15) is 15.9 Å². The predicted molar refractivity (Wildman–Crippen MR) is 92.0 cm³/mol. The fourth-order valence-corrected chi connectivity index (χ4v) is 2.66. The number of ether oxygens (including phenoxy) is 4. The Kier molecular flexibility index (Phi) is 4.52. The SMILES string of the molecule is COc1ccc(C=C2COc3cc(OC)c(OC)cc3C2=O)cc1O. The number of aromatic hydroxyl groups is 1. The number of hydrogen-bond acceptors (Lipinski definition) is 6. The highest BCUT2D eigenvalue weighted by molar-refractivity contribution is 6.14. The van der Waals surface area contributed by atoms with E-state index in [1.54, 1.807) is 30.3 Å². The molecule has 0 aromatic heterocycles. The van der Waals surface area contributed by atoms with Crippen molar-refractivity contribution in [2.75, 3.05) is 27.9 Å². The van der Waals surface area contributed by atoms with Crippen LogP contribution in [0.25, 0.3) is 6.08 Å². The summed E-state index contributed by atoms with van der Waals surface area (Å²) >= 11 is 0. The number of hydrogen-bond donors (Lipinski definition) is 1. The van der Waals surface area contributed by atoms with Gasteiger partial charge >= 0.3 is 0 Å². The number of phenolic OH excluding ortho intramolecular Hbond substituents is 1. The van der Waals surface area contributed by atoms with Gasteiger partial charge in [-0.15, -0.1) is 0 Å². The molecule has 0 atom stereocenters. The van der Waals surface area contributed by atoms with E-state index in [9.17, 15) is 9.90 Å². The van der Waals surface area contributed by atoms with Crippen molar-refractivity contribution in [2.24, 2.45) is 0 Å². The molecule has 0 aliphatic carbocycles. The van der Waals surface area contributed by atoms with Gasteiger partial charge in [0.2, 0.25) is 0 Å². The first-order chi connectivity index (χ1) is 12.1. The van der Waals surface area contributed by atoms with E-state index in [4.69, 9.17) is 18.9 Å². The third kappa shape index (κ3) is 3.10. The second kappa shape index (κ2) is 6.76. The molecule has 0 spiro atoms. The van der Waals surface area contributed by atoms with Gasteiger partial charge in [0.1, 0.15) is 12.4 Å². The number of phenols is 1. The summed E-state index contributed by atoms with van der Waals surface area (Å²) in [5.74, 6) is 1.64. The van der Waals surface area contributed by atoms with Crippen molar-refractivity contribution in [1.29, 1.82) is 0 Å². The van der Waals surface area contributed by atoms with Gasteiger partial charge in [0.05, 0.1) is 26.9 Å². The molecule has 0 bridgehead atoms. The van der Waals surface area contributed by atoms with E-state index in [0.29, 0.717) is 39.7 Å². The lowest BCUT2D eigenvalue weighted by molar-refractivity contribution is 0.1000. The minimum Gasteiger partial charge on any atom is -0.504 e. The molecule has 0 saturated carbocycles. The van der Waals surface area contributed by atoms with Crippen LogP contribution in [0, 0.1) is 0 Å².